The molecule has 30 heavy (non-hydrogen) atoms. The molecule has 0 aliphatic rings. The minimum absolute atomic E-state index is 0.0909. The van der Waals surface area contributed by atoms with Crippen LogP contribution in [0.15, 0.2) is 46.9 Å². The average molecular weight is 408 g/mol. The Morgan fingerprint density at radius 1 is 0.933 bits per heavy atom. The van der Waals surface area contributed by atoms with Crippen LogP contribution in [-0.4, -0.2) is 28.6 Å². The van der Waals surface area contributed by atoms with E-state index in [1.54, 1.807) is 0 Å². The first-order chi connectivity index (χ1) is 14.4. The van der Waals surface area contributed by atoms with E-state index in [0.29, 0.717) is 17.5 Å². The molecule has 2 N–H and O–H groups in total. The molecule has 0 fully saturated rings. The van der Waals surface area contributed by atoms with E-state index >= 15 is 0 Å². The first-order valence-electron chi connectivity index (χ1n) is 9.58. The van der Waals surface area contributed by atoms with Gasteiger partial charge in [0.2, 0.25) is 17.7 Å². The van der Waals surface area contributed by atoms with Crippen LogP contribution >= 0.6 is 0 Å². The first-order valence-corrected chi connectivity index (χ1v) is 9.58. The normalized spacial score (nSPS) is 10.5. The number of aryl methyl sites for hydroxylation is 4. The maximum atomic E-state index is 12.0. The van der Waals surface area contributed by atoms with Crippen molar-refractivity contribution >= 4 is 11.8 Å². The Labute approximate surface area is 174 Å². The maximum absolute atomic E-state index is 12.0. The molecule has 0 unspecified atom stereocenters. The third kappa shape index (κ3) is 5.91. The molecule has 0 saturated carbocycles. The van der Waals surface area contributed by atoms with E-state index in [9.17, 15) is 9.59 Å². The van der Waals surface area contributed by atoms with Crippen LogP contribution in [0.1, 0.15) is 29.0 Å². The van der Waals surface area contributed by atoms with Gasteiger partial charge in [0.15, 0.2) is 6.61 Å². The van der Waals surface area contributed by atoms with E-state index < -0.39 is 5.91 Å². The summed E-state index contributed by atoms with van der Waals surface area (Å²) in [7, 11) is 0. The summed E-state index contributed by atoms with van der Waals surface area (Å²) in [6, 6.07) is 13.5. The van der Waals surface area contributed by atoms with Crippen molar-refractivity contribution in [3.05, 3.63) is 65.0 Å². The Hall–Kier alpha value is -3.68. The number of carbonyl (C=O) groups is 2. The van der Waals surface area contributed by atoms with Gasteiger partial charge in [-0.1, -0.05) is 29.8 Å². The zero-order chi connectivity index (χ0) is 21.5. The van der Waals surface area contributed by atoms with Crippen LogP contribution in [0.2, 0.25) is 0 Å². The molecule has 156 valence electrons. The van der Waals surface area contributed by atoms with Crippen molar-refractivity contribution in [2.75, 3.05) is 6.61 Å². The van der Waals surface area contributed by atoms with Gasteiger partial charge >= 0.3 is 0 Å². The van der Waals surface area contributed by atoms with Crippen molar-refractivity contribution in [1.29, 1.82) is 0 Å². The van der Waals surface area contributed by atoms with Gasteiger partial charge in [-0.25, -0.2) is 0 Å². The Morgan fingerprint density at radius 3 is 2.40 bits per heavy atom. The fraction of sp³-hybridized carbons (Fsp3) is 0.273. The second-order valence-corrected chi connectivity index (χ2v) is 7.02. The molecule has 1 heterocycles. The molecular weight excluding hydrogens is 384 g/mol. The molecule has 1 aromatic heterocycles. The molecule has 0 atom stereocenters. The molecule has 8 heteroatoms. The van der Waals surface area contributed by atoms with Gasteiger partial charge in [0.1, 0.15) is 5.75 Å². The molecule has 0 aliphatic heterocycles. The topological polar surface area (TPSA) is 106 Å². The van der Waals surface area contributed by atoms with Crippen molar-refractivity contribution in [2.24, 2.45) is 0 Å². The molecule has 3 rings (SSSR count). The highest BCUT2D eigenvalue weighted by atomic mass is 16.5. The van der Waals surface area contributed by atoms with Gasteiger partial charge in [-0.15, -0.1) is 10.2 Å². The van der Waals surface area contributed by atoms with Crippen LogP contribution in [-0.2, 0) is 16.0 Å². The van der Waals surface area contributed by atoms with E-state index in [1.807, 2.05) is 63.2 Å². The number of benzene rings is 2. The molecular formula is C22H24N4O4. The van der Waals surface area contributed by atoms with Crippen LogP contribution in [0.3, 0.4) is 0 Å². The van der Waals surface area contributed by atoms with E-state index in [4.69, 9.17) is 9.15 Å². The number of hydrazine groups is 1. The highest BCUT2D eigenvalue weighted by Gasteiger charge is 2.11. The number of carbonyl (C=O) groups excluding carboxylic acids is 2. The number of nitrogens with zero attached hydrogens (tertiary/aromatic N) is 2. The monoisotopic (exact) mass is 408 g/mol. The minimum atomic E-state index is -0.455. The summed E-state index contributed by atoms with van der Waals surface area (Å²) >= 11 is 0. The van der Waals surface area contributed by atoms with Crippen LogP contribution in [0.5, 0.6) is 5.75 Å². The lowest BCUT2D eigenvalue weighted by Gasteiger charge is -2.10. The van der Waals surface area contributed by atoms with E-state index in [2.05, 4.69) is 21.0 Å². The number of rotatable bonds is 7. The van der Waals surface area contributed by atoms with Crippen molar-refractivity contribution < 1.29 is 18.7 Å². The van der Waals surface area contributed by atoms with Crippen LogP contribution in [0, 0.1) is 20.8 Å². The third-order valence-corrected chi connectivity index (χ3v) is 4.38. The van der Waals surface area contributed by atoms with E-state index in [0.717, 1.165) is 22.3 Å². The Kier molecular flexibility index (Phi) is 6.79. The van der Waals surface area contributed by atoms with E-state index in [-0.39, 0.29) is 25.4 Å². The summed E-state index contributed by atoms with van der Waals surface area (Å²) in [5, 5.41) is 7.96. The lowest BCUT2D eigenvalue weighted by Crippen LogP contribution is -2.43. The smallest absolute Gasteiger partial charge is 0.276 e. The SMILES string of the molecule is Cc1ccc(-c2nnc(CCC(=O)NNC(=O)COc3cc(C)ccc3C)o2)cc1. The van der Waals surface area contributed by atoms with Gasteiger partial charge in [-0.2, -0.15) is 0 Å². The molecule has 0 aliphatic carbocycles. The Balaban J connectivity index is 1.40. The van der Waals surface area contributed by atoms with Crippen molar-refractivity contribution in [1.82, 2.24) is 21.0 Å². The van der Waals surface area contributed by atoms with E-state index in [1.165, 1.54) is 0 Å². The average Bonchev–Trinajstić information content (AvgIpc) is 3.21. The largest absolute Gasteiger partial charge is 0.483 e. The molecule has 0 bridgehead atoms. The predicted molar refractivity (Wildman–Crippen MR) is 110 cm³/mol. The van der Waals surface area contributed by atoms with Gasteiger partial charge in [0, 0.05) is 18.4 Å². The van der Waals surface area contributed by atoms with Gasteiger partial charge in [-0.3, -0.25) is 20.4 Å². The van der Waals surface area contributed by atoms with Crippen molar-refractivity contribution in [3.63, 3.8) is 0 Å². The summed E-state index contributed by atoms with van der Waals surface area (Å²) in [6.45, 7) is 5.64. The molecule has 2 amide bonds. The Morgan fingerprint density at radius 2 is 1.63 bits per heavy atom. The van der Waals surface area contributed by atoms with Gasteiger partial charge < -0.3 is 9.15 Å². The fourth-order valence-corrected chi connectivity index (χ4v) is 2.63. The second-order valence-electron chi connectivity index (χ2n) is 7.02. The maximum Gasteiger partial charge on any atom is 0.276 e. The van der Waals surface area contributed by atoms with Gasteiger partial charge in [0.05, 0.1) is 0 Å². The molecule has 2 aromatic carbocycles. The van der Waals surface area contributed by atoms with Crippen LogP contribution in [0.4, 0.5) is 0 Å². The molecule has 0 spiro atoms. The number of nitrogens with one attached hydrogen (secondary N) is 2. The Bertz CT molecular complexity index is 1030. The summed E-state index contributed by atoms with van der Waals surface area (Å²) in [5.41, 5.74) is 8.61. The summed E-state index contributed by atoms with van der Waals surface area (Å²) < 4.78 is 11.1. The summed E-state index contributed by atoms with van der Waals surface area (Å²) in [5.74, 6) is 0.568. The lowest BCUT2D eigenvalue weighted by atomic mass is 10.1. The molecule has 8 nitrogen and oxygen atoms in total. The van der Waals surface area contributed by atoms with Crippen LogP contribution in [0.25, 0.3) is 11.5 Å². The van der Waals surface area contributed by atoms with Crippen molar-refractivity contribution in [2.45, 2.75) is 33.6 Å². The van der Waals surface area contributed by atoms with Crippen LogP contribution < -0.4 is 15.6 Å². The second kappa shape index (κ2) is 9.69. The lowest BCUT2D eigenvalue weighted by molar-refractivity contribution is -0.130. The fourth-order valence-electron chi connectivity index (χ4n) is 2.63. The third-order valence-electron chi connectivity index (χ3n) is 4.38. The number of amides is 2. The quantitative estimate of drug-likeness (QED) is 0.582. The van der Waals surface area contributed by atoms with Crippen molar-refractivity contribution in [3.8, 4) is 17.2 Å². The first kappa shape index (κ1) is 21.0. The number of hydrogen-bond acceptors (Lipinski definition) is 6. The zero-order valence-corrected chi connectivity index (χ0v) is 17.2. The summed E-state index contributed by atoms with van der Waals surface area (Å²) in [6.07, 6.45) is 0.354. The highest BCUT2D eigenvalue weighted by molar-refractivity contribution is 5.82. The standard InChI is InChI=1S/C22H24N4O4/c1-14-5-8-17(9-6-14)22-26-25-21(30-22)11-10-19(27)23-24-20(28)13-29-18-12-15(2)4-7-16(18)3/h4-9,12H,10-11,13H2,1-3H3,(H,23,27)(H,24,28). The molecule has 0 saturated heterocycles. The molecule has 3 aromatic rings. The number of hydrogen-bond donors (Lipinski definition) is 2. The zero-order valence-electron chi connectivity index (χ0n) is 17.2. The highest BCUT2D eigenvalue weighted by Crippen LogP contribution is 2.19. The van der Waals surface area contributed by atoms with Gasteiger partial charge in [-0.05, 0) is 50.1 Å². The number of ether oxygens (including phenoxy) is 1. The molecule has 0 radical (unpaired) electrons. The number of aromatic nitrogens is 2. The van der Waals surface area contributed by atoms with Gasteiger partial charge in [0.25, 0.3) is 5.91 Å². The summed E-state index contributed by atoms with van der Waals surface area (Å²) in [4.78, 5) is 23.8. The minimum Gasteiger partial charge on any atom is -0.483 e. The predicted octanol–water partition coefficient (Wildman–Crippen LogP) is 2.82.